The van der Waals surface area contributed by atoms with E-state index < -0.39 is 5.60 Å². The van der Waals surface area contributed by atoms with Crippen molar-refractivity contribution in [1.82, 2.24) is 9.88 Å². The number of para-hydroxylation sites is 1. The number of benzene rings is 1. The molecule has 1 unspecified atom stereocenters. The SMILES string of the molecule is CCC1(CCCNC(=O)OC(C)(C)C)CCC(=O)n2c1cc1ccccc12. The third-order valence-electron chi connectivity index (χ3n) is 5.50. The molecule has 0 bridgehead atoms. The topological polar surface area (TPSA) is 60.3 Å². The molecule has 1 amide bonds. The zero-order chi connectivity index (χ0) is 19.7. The molecule has 1 N–H and O–H groups in total. The smallest absolute Gasteiger partial charge is 0.407 e. The van der Waals surface area contributed by atoms with Crippen molar-refractivity contribution in [3.63, 3.8) is 0 Å². The molecule has 5 heteroatoms. The van der Waals surface area contributed by atoms with E-state index in [0.717, 1.165) is 42.3 Å². The van der Waals surface area contributed by atoms with Gasteiger partial charge in [0.25, 0.3) is 0 Å². The lowest BCUT2D eigenvalue weighted by Gasteiger charge is -2.37. The van der Waals surface area contributed by atoms with Crippen molar-refractivity contribution in [3.8, 4) is 0 Å². The van der Waals surface area contributed by atoms with Crippen LogP contribution in [0, 0.1) is 0 Å². The maximum Gasteiger partial charge on any atom is 0.407 e. The number of alkyl carbamates (subject to hydrolysis) is 1. The molecule has 1 aliphatic rings. The van der Waals surface area contributed by atoms with Crippen LogP contribution in [-0.2, 0) is 10.2 Å². The Kier molecular flexibility index (Phi) is 5.31. The monoisotopic (exact) mass is 370 g/mol. The zero-order valence-electron chi connectivity index (χ0n) is 16.8. The summed E-state index contributed by atoms with van der Waals surface area (Å²) in [6.45, 7) is 8.34. The van der Waals surface area contributed by atoms with Crippen LogP contribution < -0.4 is 5.32 Å². The molecule has 2 aromatic rings. The predicted molar refractivity (Wildman–Crippen MR) is 107 cm³/mol. The summed E-state index contributed by atoms with van der Waals surface area (Å²) in [5, 5.41) is 3.96. The number of amides is 1. The van der Waals surface area contributed by atoms with Crippen LogP contribution in [-0.4, -0.2) is 28.7 Å². The van der Waals surface area contributed by atoms with Crippen molar-refractivity contribution in [2.45, 2.75) is 70.8 Å². The first-order chi connectivity index (χ1) is 12.8. The van der Waals surface area contributed by atoms with Gasteiger partial charge in [-0.3, -0.25) is 9.36 Å². The molecule has 1 atom stereocenters. The summed E-state index contributed by atoms with van der Waals surface area (Å²) in [6.07, 6.45) is 3.82. The second-order valence-electron chi connectivity index (χ2n) is 8.48. The highest BCUT2D eigenvalue weighted by molar-refractivity contribution is 5.95. The molecule has 0 fully saturated rings. The largest absolute Gasteiger partial charge is 0.444 e. The van der Waals surface area contributed by atoms with Crippen LogP contribution in [0.5, 0.6) is 0 Å². The molecule has 2 heterocycles. The first-order valence-corrected chi connectivity index (χ1v) is 9.87. The molecule has 1 aromatic heterocycles. The van der Waals surface area contributed by atoms with Gasteiger partial charge in [0.05, 0.1) is 5.52 Å². The summed E-state index contributed by atoms with van der Waals surface area (Å²) in [5.41, 5.74) is 1.61. The van der Waals surface area contributed by atoms with Gasteiger partial charge in [-0.05, 0) is 58.6 Å². The van der Waals surface area contributed by atoms with Crippen LogP contribution in [0.3, 0.4) is 0 Å². The summed E-state index contributed by atoms with van der Waals surface area (Å²) >= 11 is 0. The van der Waals surface area contributed by atoms with Crippen molar-refractivity contribution in [2.24, 2.45) is 0 Å². The Labute approximate surface area is 161 Å². The van der Waals surface area contributed by atoms with Gasteiger partial charge < -0.3 is 10.1 Å². The predicted octanol–water partition coefficient (Wildman–Crippen LogP) is 5.03. The van der Waals surface area contributed by atoms with Crippen molar-refractivity contribution in [1.29, 1.82) is 0 Å². The molecule has 0 spiro atoms. The number of carbonyl (C=O) groups excluding carboxylic acids is 2. The van der Waals surface area contributed by atoms with Crippen LogP contribution in [0.2, 0.25) is 0 Å². The van der Waals surface area contributed by atoms with Gasteiger partial charge in [-0.1, -0.05) is 25.1 Å². The number of ether oxygens (including phenoxy) is 1. The molecule has 146 valence electrons. The van der Waals surface area contributed by atoms with Gasteiger partial charge in [-0.2, -0.15) is 0 Å². The molecule has 0 saturated heterocycles. The van der Waals surface area contributed by atoms with E-state index >= 15 is 0 Å². The molecule has 0 aliphatic carbocycles. The summed E-state index contributed by atoms with van der Waals surface area (Å²) < 4.78 is 7.21. The van der Waals surface area contributed by atoms with E-state index in [4.69, 9.17) is 4.74 Å². The van der Waals surface area contributed by atoms with Gasteiger partial charge in [-0.25, -0.2) is 4.79 Å². The summed E-state index contributed by atoms with van der Waals surface area (Å²) in [4.78, 5) is 24.4. The molecule has 0 saturated carbocycles. The lowest BCUT2D eigenvalue weighted by Crippen LogP contribution is -2.37. The van der Waals surface area contributed by atoms with Crippen LogP contribution >= 0.6 is 0 Å². The zero-order valence-corrected chi connectivity index (χ0v) is 16.8. The fourth-order valence-electron chi connectivity index (χ4n) is 4.12. The Morgan fingerprint density at radius 3 is 2.74 bits per heavy atom. The minimum atomic E-state index is -0.487. The molecule has 27 heavy (non-hydrogen) atoms. The highest BCUT2D eigenvalue weighted by Gasteiger charge is 2.39. The second kappa shape index (κ2) is 7.37. The molecule has 3 rings (SSSR count). The number of nitrogens with one attached hydrogen (secondary N) is 1. The van der Waals surface area contributed by atoms with Gasteiger partial charge in [0.1, 0.15) is 5.60 Å². The van der Waals surface area contributed by atoms with Crippen molar-refractivity contribution in [3.05, 3.63) is 36.0 Å². The van der Waals surface area contributed by atoms with E-state index in [2.05, 4.69) is 24.4 Å². The quantitative estimate of drug-likeness (QED) is 0.751. The van der Waals surface area contributed by atoms with E-state index in [0.29, 0.717) is 13.0 Å². The van der Waals surface area contributed by atoms with Gasteiger partial charge >= 0.3 is 6.09 Å². The molecule has 5 nitrogen and oxygen atoms in total. The van der Waals surface area contributed by atoms with E-state index in [9.17, 15) is 9.59 Å². The number of hydrogen-bond acceptors (Lipinski definition) is 3. The molecule has 0 radical (unpaired) electrons. The number of hydrogen-bond donors (Lipinski definition) is 1. The van der Waals surface area contributed by atoms with Crippen LogP contribution in [0.25, 0.3) is 10.9 Å². The molecule has 1 aromatic carbocycles. The first-order valence-electron chi connectivity index (χ1n) is 9.87. The Morgan fingerprint density at radius 1 is 1.30 bits per heavy atom. The standard InChI is InChI=1S/C22H30N2O3/c1-5-22(12-8-14-23-20(26)27-21(2,3)4)13-11-19(25)24-17-10-7-6-9-16(17)15-18(22)24/h6-7,9-10,15H,5,8,11-14H2,1-4H3,(H,23,26). The average Bonchev–Trinajstić information content (AvgIpc) is 3.00. The second-order valence-corrected chi connectivity index (χ2v) is 8.48. The summed E-state index contributed by atoms with van der Waals surface area (Å²) in [7, 11) is 0. The highest BCUT2D eigenvalue weighted by atomic mass is 16.6. The summed E-state index contributed by atoms with van der Waals surface area (Å²) in [5.74, 6) is 0.183. The molecular weight excluding hydrogens is 340 g/mol. The number of aromatic nitrogens is 1. The van der Waals surface area contributed by atoms with E-state index in [1.54, 1.807) is 0 Å². The van der Waals surface area contributed by atoms with E-state index in [1.165, 1.54) is 0 Å². The first kappa shape index (κ1) is 19.5. The average molecular weight is 370 g/mol. The third-order valence-corrected chi connectivity index (χ3v) is 5.50. The summed E-state index contributed by atoms with van der Waals surface area (Å²) in [6, 6.07) is 10.3. The minimum absolute atomic E-state index is 0.0253. The minimum Gasteiger partial charge on any atom is -0.444 e. The highest BCUT2D eigenvalue weighted by Crippen LogP contribution is 2.43. The third kappa shape index (κ3) is 4.02. The Morgan fingerprint density at radius 2 is 2.04 bits per heavy atom. The normalized spacial score (nSPS) is 19.8. The fraction of sp³-hybridized carbons (Fsp3) is 0.545. The molecule has 1 aliphatic heterocycles. The number of nitrogens with zero attached hydrogens (tertiary/aromatic N) is 1. The Hall–Kier alpha value is -2.30. The Balaban J connectivity index is 1.74. The van der Waals surface area contributed by atoms with Gasteiger partial charge in [0, 0.05) is 29.5 Å². The van der Waals surface area contributed by atoms with Crippen molar-refractivity contribution < 1.29 is 14.3 Å². The van der Waals surface area contributed by atoms with Crippen LogP contribution in [0.15, 0.2) is 30.3 Å². The maximum absolute atomic E-state index is 12.6. The lowest BCUT2D eigenvalue weighted by molar-refractivity contribution is 0.0525. The van der Waals surface area contributed by atoms with Crippen molar-refractivity contribution in [2.75, 3.05) is 6.54 Å². The van der Waals surface area contributed by atoms with E-state index in [1.807, 2.05) is 43.5 Å². The maximum atomic E-state index is 12.6. The van der Waals surface area contributed by atoms with E-state index in [-0.39, 0.29) is 17.4 Å². The van der Waals surface area contributed by atoms with Crippen LogP contribution in [0.4, 0.5) is 4.79 Å². The molecular formula is C22H30N2O3. The Bertz CT molecular complexity index is 847. The van der Waals surface area contributed by atoms with Gasteiger partial charge in [-0.15, -0.1) is 0 Å². The van der Waals surface area contributed by atoms with Crippen LogP contribution in [0.1, 0.15) is 70.3 Å². The lowest BCUT2D eigenvalue weighted by atomic mass is 9.72. The van der Waals surface area contributed by atoms with Crippen molar-refractivity contribution >= 4 is 22.9 Å². The van der Waals surface area contributed by atoms with Gasteiger partial charge in [0.15, 0.2) is 0 Å². The fourth-order valence-corrected chi connectivity index (χ4v) is 4.12. The number of fused-ring (bicyclic) bond motifs is 3. The number of rotatable bonds is 5. The van der Waals surface area contributed by atoms with Gasteiger partial charge in [0.2, 0.25) is 5.91 Å². The number of carbonyl (C=O) groups is 2.